The lowest BCUT2D eigenvalue weighted by Gasteiger charge is -2.23. The Labute approximate surface area is 77.7 Å². The number of piperidine rings is 1. The molecule has 0 saturated carbocycles. The van der Waals surface area contributed by atoms with Gasteiger partial charge in [0.2, 0.25) is 0 Å². The van der Waals surface area contributed by atoms with E-state index in [1.165, 1.54) is 12.8 Å². The molecular formula is C9H15N3O. The smallest absolute Gasteiger partial charge is 0.150 e. The number of hydrogen-bond acceptors (Lipinski definition) is 4. The van der Waals surface area contributed by atoms with Gasteiger partial charge < -0.3 is 15.2 Å². The van der Waals surface area contributed by atoms with Crippen LogP contribution in [0.1, 0.15) is 18.6 Å². The van der Waals surface area contributed by atoms with Crippen LogP contribution in [-0.4, -0.2) is 24.3 Å². The van der Waals surface area contributed by atoms with Crippen LogP contribution in [0.2, 0.25) is 0 Å². The van der Waals surface area contributed by atoms with E-state index in [0.717, 1.165) is 25.4 Å². The van der Waals surface area contributed by atoms with Crippen LogP contribution in [0.25, 0.3) is 0 Å². The quantitative estimate of drug-likeness (QED) is 0.713. The van der Waals surface area contributed by atoms with E-state index in [-0.39, 0.29) is 0 Å². The second-order valence-corrected chi connectivity index (χ2v) is 3.38. The summed E-state index contributed by atoms with van der Waals surface area (Å²) in [6, 6.07) is 2.53. The number of nitrogens with one attached hydrogen (secondary N) is 2. The van der Waals surface area contributed by atoms with E-state index in [1.807, 2.05) is 6.07 Å². The predicted octanol–water partition coefficient (Wildman–Crippen LogP) is 0.516. The van der Waals surface area contributed by atoms with Gasteiger partial charge in [0.25, 0.3) is 0 Å². The number of rotatable bonds is 3. The van der Waals surface area contributed by atoms with Crippen molar-refractivity contribution in [3.05, 3.63) is 18.0 Å². The topological polar surface area (TPSA) is 50.1 Å². The maximum atomic E-state index is 5.00. The Bertz CT molecular complexity index is 229. The van der Waals surface area contributed by atoms with Crippen molar-refractivity contribution in [3.63, 3.8) is 0 Å². The van der Waals surface area contributed by atoms with Crippen molar-refractivity contribution in [1.82, 2.24) is 15.8 Å². The van der Waals surface area contributed by atoms with E-state index in [2.05, 4.69) is 15.8 Å². The lowest BCUT2D eigenvalue weighted by molar-refractivity contribution is 0.338. The third-order valence-electron chi connectivity index (χ3n) is 2.40. The van der Waals surface area contributed by atoms with Crippen LogP contribution in [0.4, 0.5) is 0 Å². The maximum absolute atomic E-state index is 5.00. The lowest BCUT2D eigenvalue weighted by Crippen LogP contribution is -2.39. The fraction of sp³-hybridized carbons (Fsp3) is 0.667. The Kier molecular flexibility index (Phi) is 2.94. The van der Waals surface area contributed by atoms with E-state index in [0.29, 0.717) is 6.04 Å². The van der Waals surface area contributed by atoms with Crippen LogP contribution in [0.5, 0.6) is 0 Å². The summed E-state index contributed by atoms with van der Waals surface area (Å²) >= 11 is 0. The van der Waals surface area contributed by atoms with E-state index < -0.39 is 0 Å². The molecule has 0 spiro atoms. The normalized spacial score (nSPS) is 19.1. The van der Waals surface area contributed by atoms with Gasteiger partial charge in [0, 0.05) is 12.1 Å². The molecule has 0 unspecified atom stereocenters. The van der Waals surface area contributed by atoms with Gasteiger partial charge in [0.05, 0.1) is 12.7 Å². The van der Waals surface area contributed by atoms with Crippen LogP contribution in [0.3, 0.4) is 0 Å². The van der Waals surface area contributed by atoms with Crippen LogP contribution < -0.4 is 10.6 Å². The Morgan fingerprint density at radius 3 is 3.08 bits per heavy atom. The lowest BCUT2D eigenvalue weighted by atomic mass is 10.1. The van der Waals surface area contributed by atoms with Crippen molar-refractivity contribution in [2.45, 2.75) is 25.4 Å². The maximum Gasteiger partial charge on any atom is 0.150 e. The molecule has 2 heterocycles. The van der Waals surface area contributed by atoms with Gasteiger partial charge in [0.15, 0.2) is 0 Å². The first-order valence-corrected chi connectivity index (χ1v) is 4.79. The molecule has 1 aromatic heterocycles. The van der Waals surface area contributed by atoms with E-state index >= 15 is 0 Å². The highest BCUT2D eigenvalue weighted by Gasteiger charge is 2.12. The molecular weight excluding hydrogens is 166 g/mol. The van der Waals surface area contributed by atoms with Crippen LogP contribution in [0, 0.1) is 0 Å². The van der Waals surface area contributed by atoms with Crippen molar-refractivity contribution < 1.29 is 4.52 Å². The van der Waals surface area contributed by atoms with Crippen molar-refractivity contribution in [2.75, 3.05) is 13.1 Å². The Balaban J connectivity index is 1.72. The molecule has 1 aromatic rings. The van der Waals surface area contributed by atoms with Crippen molar-refractivity contribution in [1.29, 1.82) is 0 Å². The van der Waals surface area contributed by atoms with E-state index in [1.54, 1.807) is 6.20 Å². The zero-order valence-electron chi connectivity index (χ0n) is 7.62. The SMILES string of the molecule is c1cc(CNC2CCNCC2)on1. The summed E-state index contributed by atoms with van der Waals surface area (Å²) in [5.41, 5.74) is 0. The Morgan fingerprint density at radius 2 is 2.38 bits per heavy atom. The molecule has 0 atom stereocenters. The fourth-order valence-corrected chi connectivity index (χ4v) is 1.60. The first-order valence-electron chi connectivity index (χ1n) is 4.79. The minimum absolute atomic E-state index is 0.631. The monoisotopic (exact) mass is 181 g/mol. The van der Waals surface area contributed by atoms with Gasteiger partial charge in [0.1, 0.15) is 5.76 Å². The summed E-state index contributed by atoms with van der Waals surface area (Å²) in [5.74, 6) is 0.915. The highest BCUT2D eigenvalue weighted by molar-refractivity contribution is 4.92. The predicted molar refractivity (Wildman–Crippen MR) is 49.2 cm³/mol. The zero-order chi connectivity index (χ0) is 8.93. The molecule has 1 aliphatic heterocycles. The number of hydrogen-bond donors (Lipinski definition) is 2. The number of aromatic nitrogens is 1. The molecule has 0 aromatic carbocycles. The summed E-state index contributed by atoms with van der Waals surface area (Å²) in [6.07, 6.45) is 4.09. The first kappa shape index (κ1) is 8.72. The number of nitrogens with zero attached hydrogens (tertiary/aromatic N) is 1. The summed E-state index contributed by atoms with van der Waals surface area (Å²) in [7, 11) is 0. The second-order valence-electron chi connectivity index (χ2n) is 3.38. The highest BCUT2D eigenvalue weighted by atomic mass is 16.5. The van der Waals surface area contributed by atoms with E-state index in [4.69, 9.17) is 4.52 Å². The van der Waals surface area contributed by atoms with Crippen LogP contribution >= 0.6 is 0 Å². The summed E-state index contributed by atoms with van der Waals surface area (Å²) in [4.78, 5) is 0. The fourth-order valence-electron chi connectivity index (χ4n) is 1.60. The van der Waals surface area contributed by atoms with Gasteiger partial charge in [-0.3, -0.25) is 0 Å². The molecule has 1 saturated heterocycles. The first-order chi connectivity index (χ1) is 6.45. The summed E-state index contributed by atoms with van der Waals surface area (Å²) in [5, 5.41) is 10.4. The molecule has 0 aliphatic carbocycles. The highest BCUT2D eigenvalue weighted by Crippen LogP contribution is 2.04. The molecule has 72 valence electrons. The summed E-state index contributed by atoms with van der Waals surface area (Å²) in [6.45, 7) is 3.03. The van der Waals surface area contributed by atoms with Crippen molar-refractivity contribution >= 4 is 0 Å². The molecule has 1 aliphatic rings. The van der Waals surface area contributed by atoms with Crippen LogP contribution in [0.15, 0.2) is 16.8 Å². The van der Waals surface area contributed by atoms with E-state index in [9.17, 15) is 0 Å². The van der Waals surface area contributed by atoms with Gasteiger partial charge in [-0.25, -0.2) is 0 Å². The second kappa shape index (κ2) is 4.39. The molecule has 0 bridgehead atoms. The molecule has 0 amide bonds. The van der Waals surface area contributed by atoms with Gasteiger partial charge in [-0.1, -0.05) is 5.16 Å². The van der Waals surface area contributed by atoms with Gasteiger partial charge in [-0.05, 0) is 25.9 Å². The van der Waals surface area contributed by atoms with Crippen molar-refractivity contribution in [2.24, 2.45) is 0 Å². The molecule has 13 heavy (non-hydrogen) atoms. The Hall–Kier alpha value is -0.870. The third-order valence-corrected chi connectivity index (χ3v) is 2.40. The molecule has 1 fully saturated rings. The standard InChI is InChI=1S/C9H15N3O/c1-4-10-5-2-8(1)11-7-9-3-6-12-13-9/h3,6,8,10-11H,1-2,4-5,7H2. The Morgan fingerprint density at radius 1 is 1.54 bits per heavy atom. The van der Waals surface area contributed by atoms with Crippen molar-refractivity contribution in [3.8, 4) is 0 Å². The molecule has 0 radical (unpaired) electrons. The average molecular weight is 181 g/mol. The average Bonchev–Trinajstić information content (AvgIpc) is 2.69. The van der Waals surface area contributed by atoms with Gasteiger partial charge in [-0.2, -0.15) is 0 Å². The largest absolute Gasteiger partial charge is 0.360 e. The molecule has 4 nitrogen and oxygen atoms in total. The summed E-state index contributed by atoms with van der Waals surface area (Å²) < 4.78 is 5.00. The molecule has 4 heteroatoms. The van der Waals surface area contributed by atoms with Gasteiger partial charge >= 0.3 is 0 Å². The molecule has 2 rings (SSSR count). The third kappa shape index (κ3) is 2.54. The van der Waals surface area contributed by atoms with Gasteiger partial charge in [-0.15, -0.1) is 0 Å². The van der Waals surface area contributed by atoms with Crippen LogP contribution in [-0.2, 0) is 6.54 Å². The zero-order valence-corrected chi connectivity index (χ0v) is 7.62. The molecule has 2 N–H and O–H groups in total. The minimum atomic E-state index is 0.631. The minimum Gasteiger partial charge on any atom is -0.360 e.